The maximum atomic E-state index is 5.95. The third-order valence-corrected chi connectivity index (χ3v) is 5.80. The van der Waals surface area contributed by atoms with Gasteiger partial charge in [0.05, 0.1) is 19.4 Å². The van der Waals surface area contributed by atoms with Crippen LogP contribution in [0, 0.1) is 0 Å². The predicted octanol–water partition coefficient (Wildman–Crippen LogP) is 3.19. The Morgan fingerprint density at radius 1 is 0.931 bits per heavy atom. The molecule has 1 aromatic heterocycles. The molecule has 1 N–H and O–H groups in total. The molecule has 0 saturated carbocycles. The minimum Gasteiger partial charge on any atom is -0.455 e. The van der Waals surface area contributed by atoms with Crippen LogP contribution >= 0.6 is 11.6 Å². The highest BCUT2D eigenvalue weighted by Gasteiger charge is 2.18. The van der Waals surface area contributed by atoms with Gasteiger partial charge in [-0.05, 0) is 62.3 Å². The van der Waals surface area contributed by atoms with E-state index in [0.717, 1.165) is 61.5 Å². The molecule has 2 aromatic rings. The summed E-state index contributed by atoms with van der Waals surface area (Å²) in [4.78, 5) is 5.05. The highest BCUT2D eigenvalue weighted by atomic mass is 35.5. The molecule has 0 spiro atoms. The Bertz CT molecular complexity index is 785. The van der Waals surface area contributed by atoms with Gasteiger partial charge in [-0.15, -0.1) is 0 Å². The molecular formula is C22H30ClN5O. The molecule has 1 aromatic carbocycles. The molecule has 3 heterocycles. The van der Waals surface area contributed by atoms with Crippen LogP contribution in [0.1, 0.15) is 18.6 Å². The van der Waals surface area contributed by atoms with Crippen molar-refractivity contribution in [3.05, 3.63) is 47.2 Å². The zero-order valence-corrected chi connectivity index (χ0v) is 17.7. The molecule has 0 aliphatic carbocycles. The second-order valence-corrected chi connectivity index (χ2v) is 8.18. The number of piperazine rings is 1. The minimum atomic E-state index is 0.726. The van der Waals surface area contributed by atoms with Gasteiger partial charge in [-0.3, -0.25) is 9.91 Å². The van der Waals surface area contributed by atoms with Crippen molar-refractivity contribution in [2.24, 2.45) is 5.10 Å². The van der Waals surface area contributed by atoms with Gasteiger partial charge >= 0.3 is 0 Å². The lowest BCUT2D eigenvalue weighted by molar-refractivity contribution is 0.221. The monoisotopic (exact) mass is 415 g/mol. The molecule has 29 heavy (non-hydrogen) atoms. The molecule has 2 aliphatic heterocycles. The first-order chi connectivity index (χ1) is 14.3. The molecule has 0 unspecified atom stereocenters. The zero-order chi connectivity index (χ0) is 19.9. The van der Waals surface area contributed by atoms with Crippen LogP contribution in [0.2, 0.25) is 5.02 Å². The van der Waals surface area contributed by atoms with Crippen molar-refractivity contribution in [1.29, 1.82) is 0 Å². The maximum absolute atomic E-state index is 5.95. The lowest BCUT2D eigenvalue weighted by Gasteiger charge is -2.27. The molecule has 2 aliphatic rings. The molecule has 2 fully saturated rings. The largest absolute Gasteiger partial charge is 0.455 e. The summed E-state index contributed by atoms with van der Waals surface area (Å²) in [6.45, 7) is 9.99. The second kappa shape index (κ2) is 10.3. The average molecular weight is 416 g/mol. The van der Waals surface area contributed by atoms with Gasteiger partial charge in [-0.25, -0.2) is 0 Å². The number of nitrogens with zero attached hydrogens (tertiary/aromatic N) is 4. The van der Waals surface area contributed by atoms with Crippen molar-refractivity contribution in [2.45, 2.75) is 12.8 Å². The molecule has 4 rings (SSSR count). The van der Waals surface area contributed by atoms with E-state index in [0.29, 0.717) is 0 Å². The highest BCUT2D eigenvalue weighted by molar-refractivity contribution is 6.30. The molecule has 156 valence electrons. The van der Waals surface area contributed by atoms with Crippen molar-refractivity contribution in [2.75, 3.05) is 59.0 Å². The number of rotatable bonds is 8. The van der Waals surface area contributed by atoms with Crippen molar-refractivity contribution >= 4 is 17.8 Å². The first kappa shape index (κ1) is 20.4. The summed E-state index contributed by atoms with van der Waals surface area (Å²) in [6.07, 6.45) is 4.34. The van der Waals surface area contributed by atoms with Gasteiger partial charge < -0.3 is 14.6 Å². The molecular weight excluding hydrogens is 386 g/mol. The summed E-state index contributed by atoms with van der Waals surface area (Å²) >= 11 is 5.95. The third-order valence-electron chi connectivity index (χ3n) is 5.55. The lowest BCUT2D eigenvalue weighted by Crippen LogP contribution is -2.43. The summed E-state index contributed by atoms with van der Waals surface area (Å²) in [5.41, 5.74) is 1.02. The van der Waals surface area contributed by atoms with E-state index in [1.165, 1.54) is 32.5 Å². The highest BCUT2D eigenvalue weighted by Crippen LogP contribution is 2.23. The van der Waals surface area contributed by atoms with Gasteiger partial charge in [-0.1, -0.05) is 11.6 Å². The van der Waals surface area contributed by atoms with Gasteiger partial charge in [0.25, 0.3) is 0 Å². The normalized spacial score (nSPS) is 18.9. The van der Waals surface area contributed by atoms with Crippen LogP contribution in [0.3, 0.4) is 0 Å². The Kier molecular flexibility index (Phi) is 7.22. The van der Waals surface area contributed by atoms with Crippen LogP contribution in [0.15, 0.2) is 45.9 Å². The van der Waals surface area contributed by atoms with Gasteiger partial charge in [0.15, 0.2) is 0 Å². The second-order valence-electron chi connectivity index (χ2n) is 7.74. The Morgan fingerprint density at radius 2 is 1.69 bits per heavy atom. The first-order valence-electron chi connectivity index (χ1n) is 10.6. The summed E-state index contributed by atoms with van der Waals surface area (Å²) in [6, 6.07) is 11.6. The van der Waals surface area contributed by atoms with Crippen LogP contribution in [-0.2, 0) is 0 Å². The van der Waals surface area contributed by atoms with E-state index in [4.69, 9.17) is 16.0 Å². The molecule has 0 atom stereocenters. The fourth-order valence-electron chi connectivity index (χ4n) is 3.84. The lowest BCUT2D eigenvalue weighted by atomic mass is 10.2. The molecule has 0 bridgehead atoms. The third kappa shape index (κ3) is 6.06. The number of hydrogen-bond donors (Lipinski definition) is 1. The summed E-state index contributed by atoms with van der Waals surface area (Å²) < 4.78 is 5.89. The van der Waals surface area contributed by atoms with Crippen molar-refractivity contribution < 1.29 is 4.42 Å². The number of halogens is 1. The smallest absolute Gasteiger partial charge is 0.147 e. The topological polar surface area (TPSA) is 47.2 Å². The summed E-state index contributed by atoms with van der Waals surface area (Å²) in [5.74, 6) is 1.60. The van der Waals surface area contributed by atoms with Crippen molar-refractivity contribution in [3.8, 4) is 11.3 Å². The SMILES string of the molecule is Clc1ccc(-c2ccc(/C=N/N3CCN(CCCCN4CCNCC4)C3)o2)cc1. The van der Waals surface area contributed by atoms with E-state index in [1.807, 2.05) is 42.6 Å². The number of hydrazone groups is 1. The van der Waals surface area contributed by atoms with Gasteiger partial charge in [0.2, 0.25) is 0 Å². The molecule has 0 amide bonds. The molecule has 0 radical (unpaired) electrons. The van der Waals surface area contributed by atoms with Gasteiger partial charge in [0.1, 0.15) is 11.5 Å². The van der Waals surface area contributed by atoms with E-state index >= 15 is 0 Å². The number of furan rings is 1. The van der Waals surface area contributed by atoms with Gasteiger partial charge in [-0.2, -0.15) is 5.10 Å². The Morgan fingerprint density at radius 3 is 2.48 bits per heavy atom. The van der Waals surface area contributed by atoms with E-state index in [2.05, 4.69) is 25.2 Å². The fourth-order valence-corrected chi connectivity index (χ4v) is 3.97. The van der Waals surface area contributed by atoms with Crippen molar-refractivity contribution in [1.82, 2.24) is 20.1 Å². The number of benzene rings is 1. The van der Waals surface area contributed by atoms with E-state index in [-0.39, 0.29) is 0 Å². The Labute approximate surface area is 178 Å². The molecule has 6 nitrogen and oxygen atoms in total. The van der Waals surface area contributed by atoms with Crippen LogP contribution < -0.4 is 5.32 Å². The van der Waals surface area contributed by atoms with Gasteiger partial charge in [0, 0.05) is 43.3 Å². The zero-order valence-electron chi connectivity index (χ0n) is 16.9. The van der Waals surface area contributed by atoms with E-state index in [9.17, 15) is 0 Å². The van der Waals surface area contributed by atoms with Crippen LogP contribution in [0.4, 0.5) is 0 Å². The average Bonchev–Trinajstić information content (AvgIpc) is 3.41. The van der Waals surface area contributed by atoms with Crippen LogP contribution in [0.5, 0.6) is 0 Å². The van der Waals surface area contributed by atoms with Crippen molar-refractivity contribution in [3.63, 3.8) is 0 Å². The minimum absolute atomic E-state index is 0.726. The van der Waals surface area contributed by atoms with E-state index in [1.54, 1.807) is 0 Å². The van der Waals surface area contributed by atoms with Crippen LogP contribution in [0.25, 0.3) is 11.3 Å². The quantitative estimate of drug-likeness (QED) is 0.530. The van der Waals surface area contributed by atoms with E-state index < -0.39 is 0 Å². The molecule has 2 saturated heterocycles. The molecule has 7 heteroatoms. The summed E-state index contributed by atoms with van der Waals surface area (Å²) in [7, 11) is 0. The van der Waals surface area contributed by atoms with Crippen LogP contribution in [-0.4, -0.2) is 80.1 Å². The fraction of sp³-hybridized carbons (Fsp3) is 0.500. The number of hydrogen-bond acceptors (Lipinski definition) is 6. The number of unbranched alkanes of at least 4 members (excludes halogenated alkanes) is 1. The summed E-state index contributed by atoms with van der Waals surface area (Å²) in [5, 5.41) is 10.9. The standard InChI is InChI=1S/C22H30ClN5O/c23-20-5-3-19(4-6-20)22-8-7-21(29-22)17-25-28-16-15-27(18-28)12-2-1-11-26-13-9-24-10-14-26/h3-8,17,24H,1-2,9-16,18H2/b25-17+. The Balaban J connectivity index is 1.18. The predicted molar refractivity (Wildman–Crippen MR) is 118 cm³/mol. The maximum Gasteiger partial charge on any atom is 0.147 e. The Hall–Kier alpha value is -1.86. The number of nitrogens with one attached hydrogen (secondary N) is 1. The first-order valence-corrected chi connectivity index (χ1v) is 10.9.